The summed E-state index contributed by atoms with van der Waals surface area (Å²) >= 11 is 0. The van der Waals surface area contributed by atoms with Crippen LogP contribution >= 0.6 is 10.8 Å². The molecule has 70 valence electrons. The number of oxime groups is 1. The van der Waals surface area contributed by atoms with Gasteiger partial charge in [-0.1, -0.05) is 5.16 Å². The van der Waals surface area contributed by atoms with Crippen LogP contribution in [-0.4, -0.2) is 23.6 Å². The summed E-state index contributed by atoms with van der Waals surface area (Å²) in [5, 5.41) is 3.69. The molecule has 0 N–H and O–H groups in total. The molecule has 0 aliphatic carbocycles. The van der Waals surface area contributed by atoms with E-state index in [1.807, 2.05) is 0 Å². The largest absolute Gasteiger partial charge is 1.00 e. The molecule has 13 heavy (non-hydrogen) atoms. The molecule has 0 atom stereocenters. The maximum absolute atomic E-state index is 10.3. The number of hydrogen-bond acceptors (Lipinski definition) is 6. The summed E-state index contributed by atoms with van der Waals surface area (Å²) in [5.41, 5.74) is -0.493. The van der Waals surface area contributed by atoms with E-state index in [4.69, 9.17) is 4.84 Å². The molecule has 1 rings (SSSR count). The van der Waals surface area contributed by atoms with Crippen LogP contribution in [0.1, 0.15) is 20.3 Å². The van der Waals surface area contributed by atoms with Crippen LogP contribution in [0.5, 0.6) is 0 Å². The minimum Gasteiger partial charge on any atom is -0.739 e. The summed E-state index contributed by atoms with van der Waals surface area (Å²) < 4.78 is 30.8. The zero-order valence-electron chi connectivity index (χ0n) is 7.60. The van der Waals surface area contributed by atoms with Gasteiger partial charge < -0.3 is 9.39 Å². The molecule has 1 aliphatic rings. The van der Waals surface area contributed by atoms with E-state index in [0.29, 0.717) is 6.42 Å². The Morgan fingerprint density at radius 3 is 2.46 bits per heavy atom. The molecule has 0 aromatic heterocycles. The van der Waals surface area contributed by atoms with E-state index in [9.17, 15) is 13.0 Å². The van der Waals surface area contributed by atoms with Gasteiger partial charge >= 0.3 is 29.6 Å². The van der Waals surface area contributed by atoms with Gasteiger partial charge in [0, 0.05) is 17.2 Å². The van der Waals surface area contributed by atoms with Gasteiger partial charge in [-0.05, 0) is 13.8 Å². The van der Waals surface area contributed by atoms with Crippen LogP contribution in [0.25, 0.3) is 0 Å². The molecule has 0 fully saturated rings. The van der Waals surface area contributed by atoms with Gasteiger partial charge in [-0.25, -0.2) is 8.42 Å². The van der Waals surface area contributed by atoms with Gasteiger partial charge in [0.15, 0.2) is 9.15 Å². The van der Waals surface area contributed by atoms with E-state index in [2.05, 4.69) is 5.16 Å². The van der Waals surface area contributed by atoms with E-state index in [1.54, 1.807) is 13.8 Å². The predicted octanol–water partition coefficient (Wildman–Crippen LogP) is -2.30. The molecule has 0 radical (unpaired) electrons. The molecule has 0 spiro atoms. The van der Waals surface area contributed by atoms with E-state index >= 15 is 0 Å². The smallest absolute Gasteiger partial charge is 0.739 e. The third kappa shape index (κ3) is 5.24. The molecule has 5 nitrogen and oxygen atoms in total. The number of hydrogen-bond donors (Lipinski definition) is 0. The van der Waals surface area contributed by atoms with Crippen molar-refractivity contribution in [1.29, 1.82) is 0 Å². The molecule has 0 saturated heterocycles. The first-order valence-electron chi connectivity index (χ1n) is 3.19. The Balaban J connectivity index is 0.00000144. The Labute approximate surface area is 103 Å². The van der Waals surface area contributed by atoms with Crippen LogP contribution < -0.4 is 29.6 Å². The quantitative estimate of drug-likeness (QED) is 0.289. The normalized spacial score (nSPS) is 20.1. The van der Waals surface area contributed by atoms with Gasteiger partial charge in [0.1, 0.15) is 10.6 Å². The van der Waals surface area contributed by atoms with E-state index in [0.717, 1.165) is 0 Å². The first-order chi connectivity index (χ1) is 5.29. The summed E-state index contributed by atoms with van der Waals surface area (Å²) in [6.07, 6.45) is 0.360. The maximum Gasteiger partial charge on any atom is 1.00 e. The molecular weight excluding hydrogens is 225 g/mol. The Morgan fingerprint density at radius 2 is 2.15 bits per heavy atom. The summed E-state index contributed by atoms with van der Waals surface area (Å²) in [4.78, 5) is 4.86. The maximum atomic E-state index is 10.3. The van der Waals surface area contributed by atoms with Crippen LogP contribution in [0.4, 0.5) is 0 Å². The Morgan fingerprint density at radius 1 is 1.62 bits per heavy atom. The van der Waals surface area contributed by atoms with Crippen molar-refractivity contribution in [2.24, 2.45) is 5.16 Å². The van der Waals surface area contributed by atoms with Gasteiger partial charge in [-0.15, -0.1) is 0 Å². The molecule has 0 aromatic rings. The van der Waals surface area contributed by atoms with Crippen molar-refractivity contribution in [2.45, 2.75) is 25.9 Å². The molecule has 8 heteroatoms. The monoisotopic (exact) mass is 233 g/mol. The summed E-state index contributed by atoms with van der Waals surface area (Å²) in [6, 6.07) is 0. The predicted molar refractivity (Wildman–Crippen MR) is 44.5 cm³/mol. The van der Waals surface area contributed by atoms with Crippen molar-refractivity contribution < 1.29 is 47.4 Å². The second-order valence-electron chi connectivity index (χ2n) is 3.00. The zero-order chi connectivity index (χ0) is 9.41. The molecule has 0 aromatic carbocycles. The fraction of sp³-hybridized carbons (Fsp3) is 0.800. The van der Waals surface area contributed by atoms with Gasteiger partial charge in [-0.2, -0.15) is 0 Å². The van der Waals surface area contributed by atoms with Crippen LogP contribution in [0.15, 0.2) is 5.16 Å². The van der Waals surface area contributed by atoms with Gasteiger partial charge in [-0.3, -0.25) is 0 Å². The molecule has 0 saturated carbocycles. The Hall–Kier alpha value is 0.730. The van der Waals surface area contributed by atoms with Gasteiger partial charge in [0.2, 0.25) is 0 Å². The van der Waals surface area contributed by atoms with Crippen molar-refractivity contribution in [3.63, 3.8) is 0 Å². The van der Waals surface area contributed by atoms with Crippen molar-refractivity contribution in [3.8, 4) is 0 Å². The molecule has 1 heterocycles. The van der Waals surface area contributed by atoms with Gasteiger partial charge in [0.05, 0.1) is 0 Å². The van der Waals surface area contributed by atoms with Crippen molar-refractivity contribution in [1.82, 2.24) is 0 Å². The minimum absolute atomic E-state index is 0. The standard InChI is InChI=1S/C5H9NO4S2.Na/c1-5(2)3-4(6-10-5)11-12(7,8)9;/h3H2,1-2H3,(H,7,8,9);/q;+1/p-1. The fourth-order valence-electron chi connectivity index (χ4n) is 0.766. The average molecular weight is 233 g/mol. The van der Waals surface area contributed by atoms with Crippen LogP contribution in [0.3, 0.4) is 0 Å². The average Bonchev–Trinajstić information content (AvgIpc) is 2.05. The zero-order valence-corrected chi connectivity index (χ0v) is 11.2. The molecule has 0 bridgehead atoms. The number of nitrogens with zero attached hydrogens (tertiary/aromatic N) is 1. The SMILES string of the molecule is CC1(C)CC(SS(=O)(=O)[O-])=NO1.[Na+]. The van der Waals surface area contributed by atoms with E-state index in [1.165, 1.54) is 0 Å². The first kappa shape index (κ1) is 13.7. The second-order valence-corrected chi connectivity index (χ2v) is 6.18. The Bertz CT molecular complexity index is 310. The summed E-state index contributed by atoms with van der Waals surface area (Å²) in [6.45, 7) is 3.53. The third-order valence-electron chi connectivity index (χ3n) is 1.17. The molecule has 0 unspecified atom stereocenters. The van der Waals surface area contributed by atoms with Crippen LogP contribution in [0, 0.1) is 0 Å². The second kappa shape index (κ2) is 4.50. The van der Waals surface area contributed by atoms with Gasteiger partial charge in [0.25, 0.3) is 0 Å². The summed E-state index contributed by atoms with van der Waals surface area (Å²) in [7, 11) is -4.09. The van der Waals surface area contributed by atoms with E-state index < -0.39 is 14.8 Å². The minimum atomic E-state index is -4.30. The molecular formula is C5H8NNaO4S2. The Kier molecular flexibility index (Phi) is 4.75. The topological polar surface area (TPSA) is 78.8 Å². The van der Waals surface area contributed by atoms with E-state index in [-0.39, 0.29) is 45.4 Å². The van der Waals surface area contributed by atoms with Crippen LogP contribution in [-0.2, 0) is 14.0 Å². The van der Waals surface area contributed by atoms with Crippen molar-refractivity contribution in [3.05, 3.63) is 0 Å². The molecule has 0 amide bonds. The first-order valence-corrected chi connectivity index (χ1v) is 5.93. The summed E-state index contributed by atoms with van der Waals surface area (Å²) in [5.74, 6) is 0. The van der Waals surface area contributed by atoms with Crippen molar-refractivity contribution in [2.75, 3.05) is 0 Å². The third-order valence-corrected chi connectivity index (χ3v) is 2.97. The number of rotatable bonds is 1. The fourth-order valence-corrected chi connectivity index (χ4v) is 2.45. The van der Waals surface area contributed by atoms with Crippen molar-refractivity contribution >= 4 is 25.0 Å². The molecule has 1 aliphatic heterocycles. The van der Waals surface area contributed by atoms with Crippen LogP contribution in [0.2, 0.25) is 0 Å².